The second kappa shape index (κ2) is 3.42. The molecule has 0 saturated heterocycles. The van der Waals surface area contributed by atoms with Gasteiger partial charge in [0.1, 0.15) is 0 Å². The zero-order valence-electron chi connectivity index (χ0n) is 5.38. The molecule has 0 spiro atoms. The van der Waals surface area contributed by atoms with Crippen LogP contribution < -0.4 is 5.43 Å². The number of halogens is 2. The number of nitrogens with one attached hydrogen (secondary N) is 1. The van der Waals surface area contributed by atoms with Crippen LogP contribution in [-0.4, -0.2) is 0 Å². The van der Waals surface area contributed by atoms with Crippen molar-refractivity contribution in [2.45, 2.75) is 0 Å². The van der Waals surface area contributed by atoms with Crippen LogP contribution in [0.3, 0.4) is 0 Å². The molecule has 5 heteroatoms. The molecule has 0 aliphatic heterocycles. The normalized spacial score (nSPS) is 8.82. The summed E-state index contributed by atoms with van der Waals surface area (Å²) in [6.45, 7) is 0. The first-order valence-corrected chi connectivity index (χ1v) is 3.55. The molecule has 1 aromatic rings. The predicted octanol–water partition coefficient (Wildman–Crippen LogP) is 3.17. The lowest BCUT2D eigenvalue weighted by molar-refractivity contribution is 1.39. The number of diazo groups is 1. The number of benzene rings is 1. The third kappa shape index (κ3) is 1.73. The van der Waals surface area contributed by atoms with Crippen molar-refractivity contribution in [3.63, 3.8) is 0 Å². The second-order valence-electron chi connectivity index (χ2n) is 1.81. The maximum atomic E-state index is 8.17. The lowest BCUT2D eigenvalue weighted by Gasteiger charge is -1.95. The quantitative estimate of drug-likeness (QED) is 0.544. The van der Waals surface area contributed by atoms with Gasteiger partial charge in [-0.1, -0.05) is 29.3 Å². The fourth-order valence-corrected chi connectivity index (χ4v) is 1.14. The first-order chi connectivity index (χ1) is 5.25. The van der Waals surface area contributed by atoms with Crippen LogP contribution >= 0.6 is 23.2 Å². The molecule has 1 N–H and O–H groups in total. The Balaban J connectivity index is 3.12. The van der Waals surface area contributed by atoms with Crippen molar-refractivity contribution in [1.82, 2.24) is 0 Å². The molecule has 0 amide bonds. The zero-order valence-corrected chi connectivity index (χ0v) is 6.89. The van der Waals surface area contributed by atoms with Gasteiger partial charge in [-0.25, -0.2) is 0 Å². The Bertz CT molecular complexity index is 285. The van der Waals surface area contributed by atoms with E-state index >= 15 is 0 Å². The summed E-state index contributed by atoms with van der Waals surface area (Å²) in [6, 6.07) is 4.98. The molecule has 3 nitrogen and oxygen atoms in total. The van der Waals surface area contributed by atoms with Gasteiger partial charge in [0, 0.05) is 0 Å². The average molecular weight is 189 g/mol. The molecule has 0 unspecified atom stereocenters. The summed E-state index contributed by atoms with van der Waals surface area (Å²) in [6.07, 6.45) is 0. The fraction of sp³-hybridized carbons (Fsp3) is 0. The minimum Gasteiger partial charge on any atom is -0.0817 e. The molecule has 0 aromatic heterocycles. The highest BCUT2D eigenvalue weighted by Crippen LogP contribution is 2.29. The van der Waals surface area contributed by atoms with Crippen molar-refractivity contribution in [3.8, 4) is 0 Å². The Labute approximate surface area is 73.5 Å². The Hall–Kier alpha value is -0.980. The van der Waals surface area contributed by atoms with Crippen LogP contribution in [-0.2, 0) is 0 Å². The van der Waals surface area contributed by atoms with E-state index in [4.69, 9.17) is 28.6 Å². The predicted molar refractivity (Wildman–Crippen MR) is 45.2 cm³/mol. The van der Waals surface area contributed by atoms with Crippen molar-refractivity contribution in [3.05, 3.63) is 33.3 Å². The second-order valence-corrected chi connectivity index (χ2v) is 2.62. The van der Waals surface area contributed by atoms with Gasteiger partial charge in [0.2, 0.25) is 0 Å². The molecule has 56 valence electrons. The van der Waals surface area contributed by atoms with Crippen molar-refractivity contribution < 1.29 is 0 Å². The Kier molecular flexibility index (Phi) is 2.53. The molecule has 0 fully saturated rings. The Morgan fingerprint density at radius 3 is 2.27 bits per heavy atom. The molecule has 0 bridgehead atoms. The van der Waals surface area contributed by atoms with E-state index < -0.39 is 0 Å². The number of para-hydroxylation sites is 1. The lowest BCUT2D eigenvalue weighted by Crippen LogP contribution is -1.85. The summed E-state index contributed by atoms with van der Waals surface area (Å²) < 4.78 is 0. The van der Waals surface area contributed by atoms with Gasteiger partial charge < -0.3 is 0 Å². The highest BCUT2D eigenvalue weighted by molar-refractivity contribution is 6.39. The molecular weight excluding hydrogens is 185 g/mol. The van der Waals surface area contributed by atoms with E-state index in [1.54, 1.807) is 18.2 Å². The van der Waals surface area contributed by atoms with E-state index in [0.717, 1.165) is 0 Å². The van der Waals surface area contributed by atoms with Gasteiger partial charge in [-0.2, -0.15) is 0 Å². The van der Waals surface area contributed by atoms with Gasteiger partial charge in [0.25, 0.3) is 5.39 Å². The van der Waals surface area contributed by atoms with Crippen molar-refractivity contribution >= 4 is 28.9 Å². The third-order valence-electron chi connectivity index (χ3n) is 1.12. The van der Waals surface area contributed by atoms with Crippen LogP contribution in [0.2, 0.25) is 10.0 Å². The molecule has 0 aliphatic carbocycles. The first-order valence-electron chi connectivity index (χ1n) is 2.80. The Morgan fingerprint density at radius 2 is 1.82 bits per heavy atom. The van der Waals surface area contributed by atoms with Gasteiger partial charge in [-0.15, -0.1) is 0 Å². The summed E-state index contributed by atoms with van der Waals surface area (Å²) in [5, 5.41) is 11.7. The van der Waals surface area contributed by atoms with Crippen molar-refractivity contribution in [2.24, 2.45) is 0 Å². The number of hydrogen-bond acceptors (Lipinski definition) is 2. The summed E-state index contributed by atoms with van der Waals surface area (Å²) in [5.41, 5.74) is 2.66. The highest BCUT2D eigenvalue weighted by Gasteiger charge is 2.08. The van der Waals surface area contributed by atoms with Crippen molar-refractivity contribution in [1.29, 1.82) is 5.39 Å². The molecule has 11 heavy (non-hydrogen) atoms. The minimum absolute atomic E-state index is 0.401. The summed E-state index contributed by atoms with van der Waals surface area (Å²) >= 11 is 11.4. The van der Waals surface area contributed by atoms with Gasteiger partial charge in [0.05, 0.1) is 10.0 Å². The third-order valence-corrected chi connectivity index (χ3v) is 1.75. The molecule has 0 heterocycles. The molecular formula is C6H4Cl2N3+. The maximum absolute atomic E-state index is 8.17. The van der Waals surface area contributed by atoms with Gasteiger partial charge in [-0.3, -0.25) is 0 Å². The van der Waals surface area contributed by atoms with Crippen LogP contribution in [0.15, 0.2) is 18.2 Å². The maximum Gasteiger partial charge on any atom is 0.308 e. The lowest BCUT2D eigenvalue weighted by atomic mass is 10.3. The molecule has 1 aromatic carbocycles. The summed E-state index contributed by atoms with van der Waals surface area (Å²) in [5.74, 6) is 0. The van der Waals surface area contributed by atoms with E-state index in [-0.39, 0.29) is 0 Å². The number of hydrogen-bond donors (Lipinski definition) is 1. The smallest absolute Gasteiger partial charge is 0.0817 e. The van der Waals surface area contributed by atoms with E-state index in [9.17, 15) is 0 Å². The van der Waals surface area contributed by atoms with Gasteiger partial charge in [-0.05, 0) is 17.6 Å². The standard InChI is InChI=1S/C6H4Cl2N3/c7-4-2-1-3-5(8)6(4)10-11-9/h1-3,10H/q+1. The summed E-state index contributed by atoms with van der Waals surface area (Å²) in [4.78, 5) is 0. The zero-order chi connectivity index (χ0) is 8.27. The van der Waals surface area contributed by atoms with Gasteiger partial charge >= 0.3 is 5.08 Å². The molecule has 0 atom stereocenters. The topological polar surface area (TPSA) is 40.2 Å². The fourth-order valence-electron chi connectivity index (χ4n) is 0.655. The van der Waals surface area contributed by atoms with Crippen LogP contribution in [0.1, 0.15) is 0 Å². The monoisotopic (exact) mass is 188 g/mol. The van der Waals surface area contributed by atoms with Crippen LogP contribution in [0.4, 0.5) is 5.69 Å². The molecule has 0 aliphatic rings. The van der Waals surface area contributed by atoms with E-state index in [2.05, 4.69) is 10.5 Å². The van der Waals surface area contributed by atoms with Gasteiger partial charge in [0.15, 0.2) is 5.69 Å². The summed E-state index contributed by atoms with van der Waals surface area (Å²) in [7, 11) is 0. The largest absolute Gasteiger partial charge is 0.308 e. The van der Waals surface area contributed by atoms with E-state index in [1.165, 1.54) is 0 Å². The van der Waals surface area contributed by atoms with Crippen LogP contribution in [0.25, 0.3) is 5.08 Å². The van der Waals surface area contributed by atoms with Crippen molar-refractivity contribution in [2.75, 3.05) is 5.43 Å². The number of anilines is 1. The number of rotatable bonds is 1. The Morgan fingerprint density at radius 1 is 1.27 bits per heavy atom. The highest BCUT2D eigenvalue weighted by atomic mass is 35.5. The van der Waals surface area contributed by atoms with Crippen LogP contribution in [0, 0.1) is 5.39 Å². The van der Waals surface area contributed by atoms with E-state index in [0.29, 0.717) is 15.7 Å². The van der Waals surface area contributed by atoms with E-state index in [1.807, 2.05) is 0 Å². The van der Waals surface area contributed by atoms with Crippen LogP contribution in [0.5, 0.6) is 0 Å². The first kappa shape index (κ1) is 8.12. The average Bonchev–Trinajstić information content (AvgIpc) is 1.97. The minimum atomic E-state index is 0.401. The number of nitrogens with zero attached hydrogens (tertiary/aromatic N) is 2. The molecule has 0 saturated carbocycles. The SMILES string of the molecule is N#[N+]Nc1c(Cl)cccc1Cl. The molecule has 1 rings (SSSR count). The molecule has 0 radical (unpaired) electrons.